The van der Waals surface area contributed by atoms with Crippen molar-refractivity contribution in [1.29, 1.82) is 0 Å². The van der Waals surface area contributed by atoms with E-state index in [4.69, 9.17) is 0 Å². The first-order valence-electron chi connectivity index (χ1n) is 8.64. The lowest BCUT2D eigenvalue weighted by atomic mass is 9.98. The molecule has 2 aromatic carbocycles. The number of nitrogens with one attached hydrogen (secondary N) is 1. The topological polar surface area (TPSA) is 79.3 Å². The number of aliphatic carboxylic acids is 1. The molecule has 0 aliphatic carbocycles. The Labute approximate surface area is 157 Å². The lowest BCUT2D eigenvalue weighted by Gasteiger charge is -2.19. The molecule has 1 heterocycles. The minimum Gasteiger partial charge on any atom is -0.481 e. The summed E-state index contributed by atoms with van der Waals surface area (Å²) in [4.78, 5) is 28.2. The molecule has 0 fully saturated rings. The number of rotatable bonds is 6. The minimum atomic E-state index is -0.977. The zero-order valence-corrected chi connectivity index (χ0v) is 14.9. The van der Waals surface area contributed by atoms with Crippen molar-refractivity contribution in [3.8, 4) is 11.1 Å². The number of carbonyl (C=O) groups is 2. The molecule has 0 aliphatic heterocycles. The molecule has 1 aromatic heterocycles. The Morgan fingerprint density at radius 3 is 2.41 bits per heavy atom. The Morgan fingerprint density at radius 2 is 1.70 bits per heavy atom. The highest BCUT2D eigenvalue weighted by Crippen LogP contribution is 2.22. The van der Waals surface area contributed by atoms with Crippen LogP contribution < -0.4 is 5.32 Å². The first-order chi connectivity index (χ1) is 13.0. The first-order valence-corrected chi connectivity index (χ1v) is 8.64. The van der Waals surface area contributed by atoms with Gasteiger partial charge in [-0.3, -0.25) is 14.6 Å². The van der Waals surface area contributed by atoms with Gasteiger partial charge in [0, 0.05) is 6.20 Å². The zero-order chi connectivity index (χ0) is 19.2. The van der Waals surface area contributed by atoms with E-state index < -0.39 is 17.9 Å². The molecule has 0 bridgehead atoms. The Morgan fingerprint density at radius 1 is 1.00 bits per heavy atom. The maximum atomic E-state index is 12.7. The second kappa shape index (κ2) is 8.27. The van der Waals surface area contributed by atoms with E-state index in [1.54, 1.807) is 12.3 Å². The van der Waals surface area contributed by atoms with Gasteiger partial charge in [0.25, 0.3) is 5.91 Å². The van der Waals surface area contributed by atoms with Gasteiger partial charge in [-0.1, -0.05) is 54.6 Å². The van der Waals surface area contributed by atoms with E-state index in [0.29, 0.717) is 0 Å². The van der Waals surface area contributed by atoms with Crippen molar-refractivity contribution in [3.05, 3.63) is 89.7 Å². The predicted octanol–water partition coefficient (Wildman–Crippen LogP) is 4.00. The summed E-state index contributed by atoms with van der Waals surface area (Å²) in [6.45, 7) is 1.89. The molecule has 0 aliphatic rings. The highest BCUT2D eigenvalue weighted by atomic mass is 16.4. The summed E-state index contributed by atoms with van der Waals surface area (Å²) in [5, 5.41) is 12.1. The van der Waals surface area contributed by atoms with Gasteiger partial charge >= 0.3 is 5.97 Å². The molecule has 1 amide bonds. The summed E-state index contributed by atoms with van der Waals surface area (Å²) >= 11 is 0. The van der Waals surface area contributed by atoms with Crippen molar-refractivity contribution < 1.29 is 14.7 Å². The number of aryl methyl sites for hydroxylation is 1. The number of benzene rings is 2. The summed E-state index contributed by atoms with van der Waals surface area (Å²) in [5.74, 6) is -1.38. The SMILES string of the molecule is Cc1ccccc1[C@H](CC(=O)O)NC(=O)c1cc(-c2ccccc2)ccn1. The fourth-order valence-electron chi connectivity index (χ4n) is 2.99. The molecular weight excluding hydrogens is 340 g/mol. The summed E-state index contributed by atoms with van der Waals surface area (Å²) < 4.78 is 0. The number of carboxylic acids is 1. The van der Waals surface area contributed by atoms with Crippen molar-refractivity contribution in [3.63, 3.8) is 0 Å². The van der Waals surface area contributed by atoms with Crippen LogP contribution in [0.1, 0.15) is 34.1 Å². The number of carboxylic acid groups (broad SMARTS) is 1. The van der Waals surface area contributed by atoms with Gasteiger partial charge in [0.2, 0.25) is 0 Å². The summed E-state index contributed by atoms with van der Waals surface area (Å²) in [7, 11) is 0. The quantitative estimate of drug-likeness (QED) is 0.696. The van der Waals surface area contributed by atoms with Crippen LogP contribution in [0.5, 0.6) is 0 Å². The van der Waals surface area contributed by atoms with Crippen LogP contribution in [-0.4, -0.2) is 22.0 Å². The molecule has 5 nitrogen and oxygen atoms in total. The summed E-state index contributed by atoms with van der Waals surface area (Å²) in [5.41, 5.74) is 3.82. The largest absolute Gasteiger partial charge is 0.481 e. The predicted molar refractivity (Wildman–Crippen MR) is 103 cm³/mol. The number of hydrogen-bond acceptors (Lipinski definition) is 3. The van der Waals surface area contributed by atoms with Crippen molar-refractivity contribution >= 4 is 11.9 Å². The summed E-state index contributed by atoms with van der Waals surface area (Å²) in [6.07, 6.45) is 1.38. The van der Waals surface area contributed by atoms with Crippen LogP contribution in [0.15, 0.2) is 72.9 Å². The Kier molecular flexibility index (Phi) is 5.61. The molecule has 0 radical (unpaired) electrons. The Hall–Kier alpha value is -3.47. The van der Waals surface area contributed by atoms with Crippen molar-refractivity contribution in [1.82, 2.24) is 10.3 Å². The maximum Gasteiger partial charge on any atom is 0.305 e. The van der Waals surface area contributed by atoms with Gasteiger partial charge in [-0.15, -0.1) is 0 Å². The van der Waals surface area contributed by atoms with Gasteiger partial charge in [-0.25, -0.2) is 0 Å². The van der Waals surface area contributed by atoms with E-state index in [9.17, 15) is 14.7 Å². The summed E-state index contributed by atoms with van der Waals surface area (Å²) in [6, 6.07) is 20.0. The average Bonchev–Trinajstić information content (AvgIpc) is 2.68. The van der Waals surface area contributed by atoms with Crippen LogP contribution in [-0.2, 0) is 4.79 Å². The first kappa shape index (κ1) is 18.3. The molecule has 3 rings (SSSR count). The monoisotopic (exact) mass is 360 g/mol. The molecular formula is C22H20N2O3. The van der Waals surface area contributed by atoms with Crippen LogP contribution in [0, 0.1) is 6.92 Å². The van der Waals surface area contributed by atoms with Crippen LogP contribution in [0.4, 0.5) is 0 Å². The van der Waals surface area contributed by atoms with Gasteiger partial charge < -0.3 is 10.4 Å². The molecule has 27 heavy (non-hydrogen) atoms. The smallest absolute Gasteiger partial charge is 0.305 e. The van der Waals surface area contributed by atoms with Gasteiger partial charge in [-0.05, 0) is 41.3 Å². The number of hydrogen-bond donors (Lipinski definition) is 2. The number of carbonyl (C=O) groups excluding carboxylic acids is 1. The van der Waals surface area contributed by atoms with E-state index in [1.807, 2.05) is 67.6 Å². The van der Waals surface area contributed by atoms with E-state index in [0.717, 1.165) is 22.3 Å². The molecule has 3 aromatic rings. The van der Waals surface area contributed by atoms with Crippen LogP contribution in [0.2, 0.25) is 0 Å². The second-order valence-electron chi connectivity index (χ2n) is 6.28. The lowest BCUT2D eigenvalue weighted by Crippen LogP contribution is -2.31. The molecule has 1 atom stereocenters. The fraction of sp³-hybridized carbons (Fsp3) is 0.136. The van der Waals surface area contributed by atoms with E-state index >= 15 is 0 Å². The van der Waals surface area contributed by atoms with Gasteiger partial charge in [-0.2, -0.15) is 0 Å². The molecule has 2 N–H and O–H groups in total. The van der Waals surface area contributed by atoms with E-state index in [-0.39, 0.29) is 12.1 Å². The Bertz CT molecular complexity index is 955. The molecule has 5 heteroatoms. The van der Waals surface area contributed by atoms with Crippen LogP contribution in [0.3, 0.4) is 0 Å². The molecule has 0 saturated carbocycles. The molecule has 0 saturated heterocycles. The lowest BCUT2D eigenvalue weighted by molar-refractivity contribution is -0.137. The van der Waals surface area contributed by atoms with Gasteiger partial charge in [0.05, 0.1) is 12.5 Å². The highest BCUT2D eigenvalue weighted by Gasteiger charge is 2.21. The highest BCUT2D eigenvalue weighted by molar-refractivity contribution is 5.94. The zero-order valence-electron chi connectivity index (χ0n) is 14.9. The third-order valence-corrected chi connectivity index (χ3v) is 4.35. The third kappa shape index (κ3) is 4.58. The van der Waals surface area contributed by atoms with E-state index in [1.165, 1.54) is 0 Å². The van der Waals surface area contributed by atoms with Gasteiger partial charge in [0.15, 0.2) is 0 Å². The second-order valence-corrected chi connectivity index (χ2v) is 6.28. The maximum absolute atomic E-state index is 12.7. The normalized spacial score (nSPS) is 11.6. The third-order valence-electron chi connectivity index (χ3n) is 4.35. The van der Waals surface area contributed by atoms with Gasteiger partial charge in [0.1, 0.15) is 5.69 Å². The van der Waals surface area contributed by atoms with Crippen molar-refractivity contribution in [2.24, 2.45) is 0 Å². The van der Waals surface area contributed by atoms with E-state index in [2.05, 4.69) is 10.3 Å². The number of aromatic nitrogens is 1. The van der Waals surface area contributed by atoms with Crippen molar-refractivity contribution in [2.75, 3.05) is 0 Å². The molecule has 136 valence electrons. The average molecular weight is 360 g/mol. The number of nitrogens with zero attached hydrogens (tertiary/aromatic N) is 1. The van der Waals surface area contributed by atoms with Crippen LogP contribution in [0.25, 0.3) is 11.1 Å². The standard InChI is InChI=1S/C22H20N2O3/c1-15-7-5-6-10-18(15)19(14-21(25)26)24-22(27)20-13-17(11-12-23-20)16-8-3-2-4-9-16/h2-13,19H,14H2,1H3,(H,24,27)(H,25,26)/t19-/m0/s1. The number of pyridine rings is 1. The fourth-order valence-corrected chi connectivity index (χ4v) is 2.99. The minimum absolute atomic E-state index is 0.199. The van der Waals surface area contributed by atoms with Crippen molar-refractivity contribution in [2.45, 2.75) is 19.4 Å². The van der Waals surface area contributed by atoms with Crippen LogP contribution >= 0.6 is 0 Å². The number of amides is 1. The molecule has 0 spiro atoms. The Balaban J connectivity index is 1.86. The molecule has 0 unspecified atom stereocenters.